The van der Waals surface area contributed by atoms with Gasteiger partial charge in [-0.25, -0.2) is 9.97 Å². The quantitative estimate of drug-likeness (QED) is 0.173. The largest absolute Gasteiger partial charge is 0.277 e. The Morgan fingerprint density at radius 1 is 0.304 bits per heavy atom. The van der Waals surface area contributed by atoms with Gasteiger partial charge >= 0.3 is 0 Å². The van der Waals surface area contributed by atoms with Crippen molar-refractivity contribution in [3.8, 4) is 39.5 Å². The molecule has 0 unspecified atom stereocenters. The third-order valence-electron chi connectivity index (χ3n) is 16.1. The van der Waals surface area contributed by atoms with E-state index >= 15 is 0 Å². The van der Waals surface area contributed by atoms with Crippen molar-refractivity contribution in [3.05, 3.63) is 281 Å². The maximum atomic E-state index is 5.72. The summed E-state index contributed by atoms with van der Waals surface area (Å²) in [5.74, 6) is 0.650. The first-order valence-corrected chi connectivity index (χ1v) is 24.0. The van der Waals surface area contributed by atoms with Gasteiger partial charge in [0.25, 0.3) is 0 Å². The molecule has 3 nitrogen and oxygen atoms in total. The molecule has 0 saturated carbocycles. The fourth-order valence-corrected chi connectivity index (χ4v) is 13.4. The van der Waals surface area contributed by atoms with Gasteiger partial charge in [-0.15, -0.1) is 0 Å². The van der Waals surface area contributed by atoms with Crippen LogP contribution in [0, 0.1) is 0 Å². The molecular weight excluding hydrogens is 835 g/mol. The van der Waals surface area contributed by atoms with Gasteiger partial charge in [0.15, 0.2) is 0 Å². The smallest absolute Gasteiger partial charge is 0.235 e. The van der Waals surface area contributed by atoms with Crippen molar-refractivity contribution in [1.29, 1.82) is 0 Å². The van der Waals surface area contributed by atoms with Crippen LogP contribution in [0.5, 0.6) is 0 Å². The molecule has 0 bridgehead atoms. The summed E-state index contributed by atoms with van der Waals surface area (Å²) < 4.78 is 2.40. The number of aromatic nitrogens is 3. The summed E-state index contributed by atoms with van der Waals surface area (Å²) in [7, 11) is 0. The molecule has 3 heteroatoms. The van der Waals surface area contributed by atoms with Gasteiger partial charge in [-0.3, -0.25) is 4.57 Å². The Morgan fingerprint density at radius 3 is 1.41 bits per heavy atom. The van der Waals surface area contributed by atoms with Crippen LogP contribution in [0.3, 0.4) is 0 Å². The average Bonchev–Trinajstić information content (AvgIpc) is 4.02. The van der Waals surface area contributed by atoms with Gasteiger partial charge < -0.3 is 0 Å². The fraction of sp³-hybridized carbons (Fsp3) is 0.0303. The van der Waals surface area contributed by atoms with Crippen LogP contribution in [0.4, 0.5) is 0 Å². The first-order valence-electron chi connectivity index (χ1n) is 24.0. The van der Waals surface area contributed by atoms with Crippen LogP contribution < -0.4 is 0 Å². The standard InChI is InChI=1S/C66H39N3/c1-2-19-42-37-43(34-33-40(42)17-1)62-50-25-9-16-32-60(50)67-64(68-62)69-61-39-59-58(38-51(61)49-36-35-41-18-3-4-20-44(41)63(49)69)65(52-26-10-5-21-45(52)46-22-6-11-27-53(46)65)56-30-14-15-31-57(56)66(59)54-28-12-7-23-47(54)48-24-8-13-29-55(48)66/h1-39H. The Kier molecular flexibility index (Phi) is 7.21. The topological polar surface area (TPSA) is 30.7 Å². The van der Waals surface area contributed by atoms with E-state index in [1.807, 2.05) is 0 Å². The minimum atomic E-state index is -0.644. The SMILES string of the molecule is c1ccc2c(c1)-c1ccccc1C21c2ccccc2C2(c3ccccc3-c3ccccc32)c2cc3c(cc21)c1ccc2ccccc2c1n3-c1nc(-c2ccc3ccccc3c2)c2ccccc2n1. The van der Waals surface area contributed by atoms with Crippen LogP contribution in [0.1, 0.15) is 44.5 Å². The molecule has 11 aromatic carbocycles. The minimum absolute atomic E-state index is 0.612. The van der Waals surface area contributed by atoms with Crippen molar-refractivity contribution in [1.82, 2.24) is 14.5 Å². The highest BCUT2D eigenvalue weighted by atomic mass is 15.2. The lowest BCUT2D eigenvalue weighted by Crippen LogP contribution is -2.43. The molecule has 2 aromatic heterocycles. The van der Waals surface area contributed by atoms with Crippen LogP contribution in [-0.4, -0.2) is 14.5 Å². The molecule has 16 rings (SSSR count). The van der Waals surface area contributed by atoms with Crippen LogP contribution in [0.2, 0.25) is 0 Å². The highest BCUT2D eigenvalue weighted by Gasteiger charge is 2.59. The Bertz CT molecular complexity index is 4310. The third kappa shape index (κ3) is 4.58. The molecular formula is C66H39N3. The summed E-state index contributed by atoms with van der Waals surface area (Å²) in [6.07, 6.45) is 0. The number of nitrogens with zero attached hydrogens (tertiary/aromatic N) is 3. The van der Waals surface area contributed by atoms with E-state index in [1.54, 1.807) is 0 Å². The van der Waals surface area contributed by atoms with Crippen LogP contribution in [-0.2, 0) is 10.8 Å². The number of fused-ring (bicyclic) bond motifs is 23. The molecule has 0 amide bonds. The normalized spacial score (nSPS) is 14.3. The first kappa shape index (κ1) is 37.2. The molecule has 0 radical (unpaired) electrons. The van der Waals surface area contributed by atoms with Gasteiger partial charge in [0.05, 0.1) is 33.1 Å². The number of hydrogen-bond acceptors (Lipinski definition) is 2. The lowest BCUT2D eigenvalue weighted by molar-refractivity contribution is 0.634. The van der Waals surface area contributed by atoms with Crippen LogP contribution in [0.25, 0.3) is 93.7 Å². The number of para-hydroxylation sites is 1. The van der Waals surface area contributed by atoms with Crippen molar-refractivity contribution in [2.45, 2.75) is 10.8 Å². The molecule has 3 aliphatic carbocycles. The second-order valence-corrected chi connectivity index (χ2v) is 19.1. The monoisotopic (exact) mass is 873 g/mol. The van der Waals surface area contributed by atoms with Gasteiger partial charge in [-0.05, 0) is 107 Å². The van der Waals surface area contributed by atoms with E-state index in [4.69, 9.17) is 9.97 Å². The summed E-state index contributed by atoms with van der Waals surface area (Å²) >= 11 is 0. The zero-order chi connectivity index (χ0) is 45.0. The van der Waals surface area contributed by atoms with Gasteiger partial charge in [0.2, 0.25) is 5.95 Å². The summed E-state index contributed by atoms with van der Waals surface area (Å²) in [5.41, 5.74) is 19.4. The minimum Gasteiger partial charge on any atom is -0.277 e. The van der Waals surface area contributed by atoms with E-state index in [0.717, 1.165) is 38.6 Å². The van der Waals surface area contributed by atoms with Crippen molar-refractivity contribution >= 4 is 54.3 Å². The number of rotatable bonds is 2. The summed E-state index contributed by atoms with van der Waals surface area (Å²) in [6.45, 7) is 0. The molecule has 2 spiro atoms. The Labute approximate surface area is 398 Å². The predicted molar refractivity (Wildman–Crippen MR) is 282 cm³/mol. The molecule has 0 fully saturated rings. The van der Waals surface area contributed by atoms with E-state index in [2.05, 4.69) is 241 Å². The van der Waals surface area contributed by atoms with Gasteiger partial charge in [0.1, 0.15) is 0 Å². The van der Waals surface area contributed by atoms with E-state index in [-0.39, 0.29) is 0 Å². The molecule has 69 heavy (non-hydrogen) atoms. The van der Waals surface area contributed by atoms with Crippen molar-refractivity contribution in [2.75, 3.05) is 0 Å². The molecule has 13 aromatic rings. The maximum Gasteiger partial charge on any atom is 0.235 e. The average molecular weight is 874 g/mol. The maximum absolute atomic E-state index is 5.72. The van der Waals surface area contributed by atoms with Gasteiger partial charge in [0, 0.05) is 27.1 Å². The Balaban J connectivity index is 1.12. The molecule has 3 aliphatic rings. The lowest BCUT2D eigenvalue weighted by atomic mass is 9.52. The van der Waals surface area contributed by atoms with Crippen LogP contribution in [0.15, 0.2) is 237 Å². The number of benzene rings is 11. The summed E-state index contributed by atoms with van der Waals surface area (Å²) in [4.78, 5) is 11.3. The molecule has 0 saturated heterocycles. The van der Waals surface area contributed by atoms with Crippen molar-refractivity contribution in [3.63, 3.8) is 0 Å². The van der Waals surface area contributed by atoms with Crippen molar-refractivity contribution in [2.24, 2.45) is 0 Å². The third-order valence-corrected chi connectivity index (χ3v) is 16.1. The summed E-state index contributed by atoms with van der Waals surface area (Å²) in [6, 6.07) is 88.3. The molecule has 0 atom stereocenters. The molecule has 2 heterocycles. The zero-order valence-corrected chi connectivity index (χ0v) is 37.4. The Morgan fingerprint density at radius 2 is 0.783 bits per heavy atom. The fourth-order valence-electron chi connectivity index (χ4n) is 13.4. The second kappa shape index (κ2) is 13.4. The molecule has 0 aliphatic heterocycles. The number of hydrogen-bond donors (Lipinski definition) is 0. The van der Waals surface area contributed by atoms with E-state index in [0.29, 0.717) is 5.95 Å². The van der Waals surface area contributed by atoms with Crippen LogP contribution >= 0.6 is 0 Å². The first-order chi connectivity index (χ1) is 34.2. The van der Waals surface area contributed by atoms with Gasteiger partial charge in [-0.1, -0.05) is 212 Å². The van der Waals surface area contributed by atoms with E-state index in [1.165, 1.54) is 93.7 Å². The van der Waals surface area contributed by atoms with E-state index in [9.17, 15) is 0 Å². The Hall–Kier alpha value is -8.92. The molecule has 318 valence electrons. The van der Waals surface area contributed by atoms with Crippen molar-refractivity contribution < 1.29 is 0 Å². The summed E-state index contributed by atoms with van der Waals surface area (Å²) in [5, 5.41) is 8.09. The molecule has 0 N–H and O–H groups in total. The van der Waals surface area contributed by atoms with Gasteiger partial charge in [-0.2, -0.15) is 0 Å². The zero-order valence-electron chi connectivity index (χ0n) is 37.4. The highest BCUT2D eigenvalue weighted by molar-refractivity contribution is 6.19. The lowest BCUT2D eigenvalue weighted by Gasteiger charge is -2.49. The second-order valence-electron chi connectivity index (χ2n) is 19.1. The predicted octanol–water partition coefficient (Wildman–Crippen LogP) is 15.7. The van der Waals surface area contributed by atoms with E-state index < -0.39 is 10.8 Å². The highest BCUT2D eigenvalue weighted by Crippen LogP contribution is 2.68.